The first-order valence-corrected chi connectivity index (χ1v) is 41.6. The second-order valence-corrected chi connectivity index (χ2v) is 32.7. The van der Waals surface area contributed by atoms with Crippen LogP contribution in [0.5, 0.6) is 0 Å². The number of carbonyl (C=O) groups excluding carboxylic acids is 4. The highest BCUT2D eigenvalue weighted by atomic mass is 19.1. The molecule has 4 aromatic carbocycles. The van der Waals surface area contributed by atoms with Gasteiger partial charge >= 0.3 is 0 Å². The van der Waals surface area contributed by atoms with E-state index in [1.807, 2.05) is 72.4 Å². The first-order valence-electron chi connectivity index (χ1n) is 41.6. The number of aromatic nitrogens is 18. The Balaban J connectivity index is 0.000000116. The molecule has 12 aromatic rings. The minimum Gasteiger partial charge on any atom is -0.364 e. The molecule has 4 N–H and O–H groups in total. The van der Waals surface area contributed by atoms with Gasteiger partial charge in [0.1, 0.15) is 46.3 Å². The van der Waals surface area contributed by atoms with Gasteiger partial charge < -0.3 is 40.9 Å². The van der Waals surface area contributed by atoms with Gasteiger partial charge in [-0.3, -0.25) is 39.1 Å². The van der Waals surface area contributed by atoms with Crippen molar-refractivity contribution in [1.29, 1.82) is 0 Å². The van der Waals surface area contributed by atoms with Gasteiger partial charge in [0, 0.05) is 80.7 Å². The zero-order chi connectivity index (χ0) is 84.1. The topological polar surface area (TPSA) is 345 Å². The molecule has 4 amide bonds. The number of amides is 4. The number of hydrogen-bond donors (Lipinski definition) is 4. The number of benzene rings is 4. The van der Waals surface area contributed by atoms with Crippen molar-refractivity contribution in [3.63, 3.8) is 0 Å². The van der Waals surface area contributed by atoms with Crippen LogP contribution in [0, 0.1) is 75.7 Å². The standard InChI is InChI=1S/2C23H23FN6O.C22H25N7O.C21H22FN7O/c1-14-11-28-21(12-27-14)29-19-9-15-3-6-20(19)30(13-15)23(31)17-5-4-16(24)10-18(17)22-25-7-2-8-26-22;1-14-11-28-20(12-27-14)29-18-10-15-6-7-19(18)30(13-15)23(31)16-4-2-5-17(24)21(16)22-25-8-3-9-26-22;1-14-4-3-5-17(21(14)29-25-8-9-26-29)22(30)28-13-16-6-7-19(28)18(10-16)27-20-12-23-15(2)11-24-20;1-13-10-24-19(11-23-13)27-17-9-14-5-6-18(17)28(12-14)21(30)15-3-2-4-16(22)20(15)29-25-7-8-26-29/h2,4-5,7-8,10-12,15,19-20H,3,6,9,13H2,1H3,(H,28,29);2-5,8-9,11-12,15,18-19H,6-7,10,13H2,1H3,(H,28,29);3-5,8-9,11-12,16,18-19H,6-7,10,13H2,1-2H3,(H,24,27);2-4,7-8,10-11,14,17-18H,5-6,9,12H2,1H3,(H,24,27). The van der Waals surface area contributed by atoms with Crippen LogP contribution >= 0.6 is 0 Å². The Labute approximate surface area is 702 Å². The lowest BCUT2D eigenvalue weighted by Crippen LogP contribution is -2.59. The van der Waals surface area contributed by atoms with Crippen LogP contribution in [0.25, 0.3) is 34.2 Å². The summed E-state index contributed by atoms with van der Waals surface area (Å²) in [7, 11) is 0. The molecule has 4 aliphatic carbocycles. The first kappa shape index (κ1) is 80.9. The highest BCUT2D eigenvalue weighted by Gasteiger charge is 2.48. The molecule has 4 saturated carbocycles. The number of nitrogens with one attached hydrogen (secondary N) is 4. The molecule has 24 rings (SSSR count). The molecule has 122 heavy (non-hydrogen) atoms. The van der Waals surface area contributed by atoms with Crippen LogP contribution in [0.4, 0.5) is 36.4 Å². The maximum Gasteiger partial charge on any atom is 0.256 e. The summed E-state index contributed by atoms with van der Waals surface area (Å²) in [5.41, 5.74) is 7.49. The minimum absolute atomic E-state index is 0.00676. The zero-order valence-corrected chi connectivity index (χ0v) is 68.2. The number of para-hydroxylation sites is 2. The normalized spacial score (nSPS) is 22.6. The Morgan fingerprint density at radius 3 is 1.07 bits per heavy atom. The van der Waals surface area contributed by atoms with Gasteiger partial charge in [-0.15, -0.1) is 4.80 Å². The summed E-state index contributed by atoms with van der Waals surface area (Å²) in [6.45, 7) is 12.4. The Bertz CT molecular complexity index is 5500. The van der Waals surface area contributed by atoms with Crippen LogP contribution in [0.1, 0.15) is 147 Å². The zero-order valence-electron chi connectivity index (χ0n) is 68.2. The van der Waals surface area contributed by atoms with Crippen LogP contribution < -0.4 is 21.3 Å². The number of aryl methyl sites for hydroxylation is 5. The van der Waals surface area contributed by atoms with E-state index in [-0.39, 0.29) is 94.6 Å². The fourth-order valence-corrected chi connectivity index (χ4v) is 18.9. The van der Waals surface area contributed by atoms with Crippen molar-refractivity contribution >= 4 is 46.9 Å². The minimum atomic E-state index is -0.524. The molecule has 12 aliphatic rings. The molecule has 0 radical (unpaired) electrons. The highest BCUT2D eigenvalue weighted by Crippen LogP contribution is 2.43. The Morgan fingerprint density at radius 1 is 0.336 bits per heavy atom. The molecule has 12 fully saturated rings. The summed E-state index contributed by atoms with van der Waals surface area (Å²) in [6.07, 6.45) is 38.5. The SMILES string of the molecule is Cc1cnc(NC2CC3CCC2N(C(=O)c2ccc(F)cc2-c2ncccn2)C3)cn1.Cc1cnc(NC2CC3CCC2N(C(=O)c2cccc(C)c2-n2nccn2)C3)cn1.Cc1cnc(NC2CC3CCC2N(C(=O)c2cccc(F)c2-c2ncccn2)C3)cn1.Cc1cnc(NC2CC3CCC2N(C(=O)c2cccc(F)c2-n2nccn2)C3)cn1. The van der Waals surface area contributed by atoms with E-state index in [1.54, 1.807) is 134 Å². The molecular formula is C89H93F3N26O4. The molecule has 624 valence electrons. The monoisotopic (exact) mass is 1650 g/mol. The summed E-state index contributed by atoms with van der Waals surface area (Å²) < 4.78 is 43.4. The molecule has 8 aliphatic heterocycles. The van der Waals surface area contributed by atoms with Gasteiger partial charge in [-0.05, 0) is 202 Å². The lowest BCUT2D eigenvalue weighted by atomic mass is 9.76. The van der Waals surface area contributed by atoms with Gasteiger partial charge in [0.2, 0.25) is 0 Å². The van der Waals surface area contributed by atoms with Crippen molar-refractivity contribution in [3.8, 4) is 34.2 Å². The average Bonchev–Trinajstić information content (AvgIpc) is 0.922. The number of hydrogen-bond acceptors (Lipinski definition) is 24. The van der Waals surface area contributed by atoms with E-state index in [1.165, 1.54) is 41.5 Å². The average molecular weight is 1650 g/mol. The molecule has 8 bridgehead atoms. The predicted molar refractivity (Wildman–Crippen MR) is 448 cm³/mol. The van der Waals surface area contributed by atoms with Gasteiger partial charge in [-0.2, -0.15) is 25.2 Å². The number of fused-ring (bicyclic) bond motifs is 12. The summed E-state index contributed by atoms with van der Waals surface area (Å²) in [5.74, 6) is 3.28. The third-order valence-electron chi connectivity index (χ3n) is 24.6. The predicted octanol–water partition coefficient (Wildman–Crippen LogP) is 12.4. The largest absolute Gasteiger partial charge is 0.364 e. The van der Waals surface area contributed by atoms with E-state index >= 15 is 0 Å². The smallest absolute Gasteiger partial charge is 0.256 e. The lowest BCUT2D eigenvalue weighted by Gasteiger charge is -2.50. The Hall–Kier alpha value is -13.5. The van der Waals surface area contributed by atoms with E-state index in [2.05, 4.69) is 101 Å². The van der Waals surface area contributed by atoms with Crippen LogP contribution in [0.3, 0.4) is 0 Å². The first-order chi connectivity index (χ1) is 59.4. The third kappa shape index (κ3) is 17.6. The summed E-state index contributed by atoms with van der Waals surface area (Å²) in [6, 6.07) is 23.0. The van der Waals surface area contributed by atoms with Crippen LogP contribution in [-0.4, -0.2) is 208 Å². The van der Waals surface area contributed by atoms with E-state index in [0.29, 0.717) is 83.0 Å². The van der Waals surface area contributed by atoms with Crippen molar-refractivity contribution in [2.45, 2.75) is 160 Å². The summed E-state index contributed by atoms with van der Waals surface area (Å²) in [4.78, 5) is 117. The van der Waals surface area contributed by atoms with E-state index < -0.39 is 17.5 Å². The summed E-state index contributed by atoms with van der Waals surface area (Å²) >= 11 is 0. The van der Waals surface area contributed by atoms with Crippen molar-refractivity contribution < 1.29 is 32.3 Å². The molecule has 16 heterocycles. The maximum absolute atomic E-state index is 14.8. The van der Waals surface area contributed by atoms with Crippen molar-refractivity contribution in [2.24, 2.45) is 23.7 Å². The van der Waals surface area contributed by atoms with Gasteiger partial charge in [0.25, 0.3) is 23.6 Å². The van der Waals surface area contributed by atoms with E-state index in [4.69, 9.17) is 0 Å². The van der Waals surface area contributed by atoms with Crippen molar-refractivity contribution in [1.82, 2.24) is 109 Å². The van der Waals surface area contributed by atoms with Crippen LogP contribution in [0.15, 0.2) is 184 Å². The van der Waals surface area contributed by atoms with Crippen LogP contribution in [0.2, 0.25) is 0 Å². The fraction of sp³-hybridized carbons (Fsp3) is 0.371. The number of halogens is 3. The lowest BCUT2D eigenvalue weighted by molar-refractivity contribution is 0.0277. The van der Waals surface area contributed by atoms with E-state index in [0.717, 1.165) is 129 Å². The van der Waals surface area contributed by atoms with Gasteiger partial charge in [0.15, 0.2) is 17.5 Å². The molecular weight excluding hydrogens is 1550 g/mol. The fourth-order valence-electron chi connectivity index (χ4n) is 18.9. The molecule has 12 atom stereocenters. The van der Waals surface area contributed by atoms with Crippen molar-refractivity contribution in [3.05, 3.63) is 252 Å². The molecule has 30 nitrogen and oxygen atoms in total. The Morgan fingerprint density at radius 2 is 0.680 bits per heavy atom. The third-order valence-corrected chi connectivity index (χ3v) is 24.6. The number of nitrogens with zero attached hydrogens (tertiary/aromatic N) is 22. The van der Waals surface area contributed by atoms with Crippen molar-refractivity contribution in [2.75, 3.05) is 47.4 Å². The number of rotatable bonds is 16. The molecule has 33 heteroatoms. The van der Waals surface area contributed by atoms with Crippen LogP contribution in [-0.2, 0) is 0 Å². The summed E-state index contributed by atoms with van der Waals surface area (Å²) in [5, 5.41) is 30.5. The molecule has 12 unspecified atom stereocenters. The second-order valence-electron chi connectivity index (χ2n) is 32.7. The van der Waals surface area contributed by atoms with Gasteiger partial charge in [-0.1, -0.05) is 24.3 Å². The number of anilines is 4. The van der Waals surface area contributed by atoms with E-state index in [9.17, 15) is 32.3 Å². The second kappa shape index (κ2) is 35.8. The molecule has 8 aromatic heterocycles. The quantitative estimate of drug-likeness (QED) is 0.0698. The van der Waals surface area contributed by atoms with Gasteiger partial charge in [0.05, 0.1) is 149 Å². The molecule has 8 saturated heterocycles. The molecule has 0 spiro atoms. The highest BCUT2D eigenvalue weighted by molar-refractivity contribution is 6.02. The Kier molecular flexibility index (Phi) is 23.8. The number of piperidine rings is 8. The maximum atomic E-state index is 14.8. The van der Waals surface area contributed by atoms with Gasteiger partial charge in [-0.25, -0.2) is 53.0 Å². The number of carbonyl (C=O) groups is 4.